The zero-order chi connectivity index (χ0) is 11.3. The zero-order valence-electron chi connectivity index (χ0n) is 9.43. The third-order valence-corrected chi connectivity index (χ3v) is 3.30. The van der Waals surface area contributed by atoms with Crippen molar-refractivity contribution < 1.29 is 4.79 Å². The second-order valence-electron chi connectivity index (χ2n) is 3.67. The molecule has 0 aliphatic carbocycles. The van der Waals surface area contributed by atoms with Gasteiger partial charge in [0.05, 0.1) is 0 Å². The van der Waals surface area contributed by atoms with Gasteiger partial charge in [0, 0.05) is 18.0 Å². The van der Waals surface area contributed by atoms with Crippen LogP contribution >= 0.6 is 11.8 Å². The van der Waals surface area contributed by atoms with Gasteiger partial charge in [-0.05, 0) is 37.3 Å². The quantitative estimate of drug-likeness (QED) is 0.564. The van der Waals surface area contributed by atoms with E-state index in [1.807, 2.05) is 7.05 Å². The van der Waals surface area contributed by atoms with Crippen molar-refractivity contribution in [3.8, 4) is 0 Å². The first kappa shape index (κ1) is 12.1. The lowest BCUT2D eigenvalue weighted by Gasteiger charge is -2.20. The summed E-state index contributed by atoms with van der Waals surface area (Å²) in [6.07, 6.45) is 3.85. The molecule has 2 nitrogen and oxygen atoms in total. The molecule has 1 aromatic carbocycles. The topological polar surface area (TPSA) is 20.3 Å². The van der Waals surface area contributed by atoms with Gasteiger partial charge >= 0.3 is 0 Å². The Hall–Kier alpha value is -0.960. The molecule has 15 heavy (non-hydrogen) atoms. The summed E-state index contributed by atoms with van der Waals surface area (Å²) in [7, 11) is 1.81. The molecule has 1 atom stereocenters. The standard InChI is InChI=1S/C12H17NOS/c1-10(13(2)9-14)8-11-4-6-12(15-3)7-5-11/h4-7,9-10H,8H2,1-3H3. The van der Waals surface area contributed by atoms with Crippen molar-refractivity contribution in [1.29, 1.82) is 0 Å². The molecule has 1 aromatic rings. The SMILES string of the molecule is CSc1ccc(CC(C)N(C)C=O)cc1. The van der Waals surface area contributed by atoms with Crippen LogP contribution in [0.1, 0.15) is 12.5 Å². The summed E-state index contributed by atoms with van der Waals surface area (Å²) in [5.74, 6) is 0. The fourth-order valence-corrected chi connectivity index (χ4v) is 1.76. The minimum Gasteiger partial charge on any atom is -0.345 e. The highest BCUT2D eigenvalue weighted by atomic mass is 32.2. The Morgan fingerprint density at radius 3 is 2.47 bits per heavy atom. The summed E-state index contributed by atoms with van der Waals surface area (Å²) in [6.45, 7) is 2.05. The van der Waals surface area contributed by atoms with E-state index in [-0.39, 0.29) is 6.04 Å². The molecule has 0 heterocycles. The first-order valence-electron chi connectivity index (χ1n) is 4.97. The molecule has 0 bridgehead atoms. The highest BCUT2D eigenvalue weighted by Crippen LogP contribution is 2.16. The van der Waals surface area contributed by atoms with Crippen molar-refractivity contribution >= 4 is 18.2 Å². The Balaban J connectivity index is 2.60. The number of likely N-dealkylation sites (N-methyl/N-ethyl adjacent to an activating group) is 1. The van der Waals surface area contributed by atoms with E-state index < -0.39 is 0 Å². The van der Waals surface area contributed by atoms with Gasteiger partial charge in [-0.2, -0.15) is 0 Å². The summed E-state index contributed by atoms with van der Waals surface area (Å²) in [5.41, 5.74) is 1.27. The van der Waals surface area contributed by atoms with Gasteiger partial charge in [0.15, 0.2) is 0 Å². The molecule has 0 radical (unpaired) electrons. The van der Waals surface area contributed by atoms with Gasteiger partial charge in [0.25, 0.3) is 0 Å². The number of thioether (sulfide) groups is 1. The van der Waals surface area contributed by atoms with Crippen LogP contribution in [-0.2, 0) is 11.2 Å². The minimum absolute atomic E-state index is 0.252. The molecule has 0 saturated carbocycles. The molecular weight excluding hydrogens is 206 g/mol. The molecule has 82 valence electrons. The molecular formula is C12H17NOS. The first-order valence-corrected chi connectivity index (χ1v) is 6.20. The number of nitrogens with zero attached hydrogens (tertiary/aromatic N) is 1. The van der Waals surface area contributed by atoms with Gasteiger partial charge in [-0.15, -0.1) is 11.8 Å². The lowest BCUT2D eigenvalue weighted by atomic mass is 10.1. The normalized spacial score (nSPS) is 12.2. The molecule has 0 aliphatic heterocycles. The van der Waals surface area contributed by atoms with Crippen LogP contribution in [0.4, 0.5) is 0 Å². The van der Waals surface area contributed by atoms with Crippen LogP contribution < -0.4 is 0 Å². The number of benzene rings is 1. The Morgan fingerprint density at radius 1 is 1.40 bits per heavy atom. The molecule has 0 aliphatic rings. The van der Waals surface area contributed by atoms with Crippen molar-refractivity contribution in [2.45, 2.75) is 24.3 Å². The second-order valence-corrected chi connectivity index (χ2v) is 4.55. The van der Waals surface area contributed by atoms with Crippen LogP contribution in [-0.4, -0.2) is 30.7 Å². The van der Waals surface area contributed by atoms with Gasteiger partial charge in [0.2, 0.25) is 6.41 Å². The number of carbonyl (C=O) groups excluding carboxylic acids is 1. The smallest absolute Gasteiger partial charge is 0.209 e. The molecule has 0 aromatic heterocycles. The Kier molecular flexibility index (Phi) is 4.69. The van der Waals surface area contributed by atoms with Crippen LogP contribution in [0.5, 0.6) is 0 Å². The number of carbonyl (C=O) groups is 1. The summed E-state index contributed by atoms with van der Waals surface area (Å²) >= 11 is 1.74. The summed E-state index contributed by atoms with van der Waals surface area (Å²) in [6, 6.07) is 8.74. The van der Waals surface area contributed by atoms with Crippen LogP contribution in [0.15, 0.2) is 29.2 Å². The van der Waals surface area contributed by atoms with Gasteiger partial charge < -0.3 is 4.90 Å². The second kappa shape index (κ2) is 5.81. The van der Waals surface area contributed by atoms with E-state index in [2.05, 4.69) is 37.4 Å². The van der Waals surface area contributed by atoms with Crippen LogP contribution in [0, 0.1) is 0 Å². The lowest BCUT2D eigenvalue weighted by Crippen LogP contribution is -2.29. The first-order chi connectivity index (χ1) is 7.17. The van der Waals surface area contributed by atoms with Gasteiger partial charge in [0.1, 0.15) is 0 Å². The zero-order valence-corrected chi connectivity index (χ0v) is 10.3. The molecule has 1 rings (SSSR count). The van der Waals surface area contributed by atoms with E-state index in [0.29, 0.717) is 0 Å². The predicted molar refractivity (Wildman–Crippen MR) is 65.2 cm³/mol. The van der Waals surface area contributed by atoms with Gasteiger partial charge in [-0.1, -0.05) is 12.1 Å². The third kappa shape index (κ3) is 3.59. The maximum atomic E-state index is 10.6. The third-order valence-electron chi connectivity index (χ3n) is 2.55. The lowest BCUT2D eigenvalue weighted by molar-refractivity contribution is -0.118. The molecule has 0 N–H and O–H groups in total. The van der Waals surface area contributed by atoms with E-state index in [4.69, 9.17) is 0 Å². The number of rotatable bonds is 5. The van der Waals surface area contributed by atoms with Crippen molar-refractivity contribution in [3.05, 3.63) is 29.8 Å². The van der Waals surface area contributed by atoms with E-state index in [1.165, 1.54) is 10.5 Å². The average molecular weight is 223 g/mol. The monoisotopic (exact) mass is 223 g/mol. The number of hydrogen-bond donors (Lipinski definition) is 0. The molecule has 1 amide bonds. The van der Waals surface area contributed by atoms with E-state index in [1.54, 1.807) is 16.7 Å². The summed E-state index contributed by atoms with van der Waals surface area (Å²) in [5, 5.41) is 0. The molecule has 1 unspecified atom stereocenters. The Bertz CT molecular complexity index is 310. The summed E-state index contributed by atoms with van der Waals surface area (Å²) in [4.78, 5) is 13.5. The van der Waals surface area contributed by atoms with Gasteiger partial charge in [-0.3, -0.25) is 4.79 Å². The van der Waals surface area contributed by atoms with E-state index >= 15 is 0 Å². The highest BCUT2D eigenvalue weighted by Gasteiger charge is 2.07. The van der Waals surface area contributed by atoms with Crippen molar-refractivity contribution in [3.63, 3.8) is 0 Å². The minimum atomic E-state index is 0.252. The highest BCUT2D eigenvalue weighted by molar-refractivity contribution is 7.98. The van der Waals surface area contributed by atoms with Crippen molar-refractivity contribution in [2.24, 2.45) is 0 Å². The predicted octanol–water partition coefficient (Wildman–Crippen LogP) is 2.43. The van der Waals surface area contributed by atoms with E-state index in [0.717, 1.165) is 12.8 Å². The van der Waals surface area contributed by atoms with Crippen molar-refractivity contribution in [2.75, 3.05) is 13.3 Å². The fourth-order valence-electron chi connectivity index (χ4n) is 1.35. The number of amides is 1. The number of hydrogen-bond acceptors (Lipinski definition) is 2. The Labute approximate surface area is 95.7 Å². The van der Waals surface area contributed by atoms with Gasteiger partial charge in [-0.25, -0.2) is 0 Å². The largest absolute Gasteiger partial charge is 0.345 e. The van der Waals surface area contributed by atoms with Crippen molar-refractivity contribution in [1.82, 2.24) is 4.90 Å². The summed E-state index contributed by atoms with van der Waals surface area (Å²) < 4.78 is 0. The molecule has 0 spiro atoms. The Morgan fingerprint density at radius 2 is 2.00 bits per heavy atom. The molecule has 0 saturated heterocycles. The fraction of sp³-hybridized carbons (Fsp3) is 0.417. The molecule has 0 fully saturated rings. The maximum Gasteiger partial charge on any atom is 0.209 e. The molecule has 3 heteroatoms. The maximum absolute atomic E-state index is 10.6. The van der Waals surface area contributed by atoms with Crippen LogP contribution in [0.25, 0.3) is 0 Å². The van der Waals surface area contributed by atoms with E-state index in [9.17, 15) is 4.79 Å². The van der Waals surface area contributed by atoms with Crippen LogP contribution in [0.3, 0.4) is 0 Å². The average Bonchev–Trinajstić information content (AvgIpc) is 2.29. The van der Waals surface area contributed by atoms with Crippen LogP contribution in [0.2, 0.25) is 0 Å².